The number of alkyl halides is 1. The lowest BCUT2D eigenvalue weighted by Gasteiger charge is -2.20. The zero-order valence-electron chi connectivity index (χ0n) is 9.77. The van der Waals surface area contributed by atoms with E-state index in [9.17, 15) is 5.11 Å². The Kier molecular flexibility index (Phi) is 2.96. The zero-order valence-corrected chi connectivity index (χ0v) is 12.8. The molecule has 2 aromatic rings. The fourth-order valence-corrected chi connectivity index (χ4v) is 3.88. The molecule has 0 aliphatic heterocycles. The lowest BCUT2D eigenvalue weighted by molar-refractivity contribution is 0.474. The fourth-order valence-electron chi connectivity index (χ4n) is 2.58. The fraction of sp³-hybridized carbons (Fsp3) is 0.143. The third-order valence-electron chi connectivity index (χ3n) is 3.42. The van der Waals surface area contributed by atoms with Crippen LogP contribution in [-0.4, -0.2) is 5.11 Å². The Hall–Kier alpha value is -0.600. The second kappa shape index (κ2) is 4.20. The Morgan fingerprint density at radius 3 is 2.42 bits per heavy atom. The number of rotatable bonds is 0. The molecule has 0 fully saturated rings. The molecule has 0 radical (unpaired) electrons. The number of hydrogen-bond acceptors (Lipinski definition) is 1. The summed E-state index contributed by atoms with van der Waals surface area (Å²) in [6.45, 7) is 1.83. The lowest BCUT2D eigenvalue weighted by atomic mass is 9.98. The van der Waals surface area contributed by atoms with Gasteiger partial charge >= 0.3 is 0 Å². The van der Waals surface area contributed by atoms with Crippen LogP contribution in [0.1, 0.15) is 18.1 Å². The molecule has 1 aliphatic carbocycles. The molecule has 0 saturated carbocycles. The minimum atomic E-state index is -0.839. The third kappa shape index (κ3) is 1.76. The summed E-state index contributed by atoms with van der Waals surface area (Å²) in [7, 11) is 0. The highest BCUT2D eigenvalue weighted by Gasteiger charge is 2.41. The van der Waals surface area contributed by atoms with Crippen molar-refractivity contribution >= 4 is 46.4 Å². The van der Waals surface area contributed by atoms with Gasteiger partial charge in [0.1, 0.15) is 5.75 Å². The molecule has 19 heavy (non-hydrogen) atoms. The summed E-state index contributed by atoms with van der Waals surface area (Å²) in [4.78, 5) is -0.839. The van der Waals surface area contributed by atoms with E-state index in [0.29, 0.717) is 15.1 Å². The Labute approximate surface area is 130 Å². The summed E-state index contributed by atoms with van der Waals surface area (Å²) in [5.41, 5.74) is 3.09. The van der Waals surface area contributed by atoms with E-state index in [0.717, 1.165) is 22.3 Å². The molecule has 0 amide bonds. The minimum absolute atomic E-state index is 0.150. The average molecular weight is 334 g/mol. The van der Waals surface area contributed by atoms with Crippen LogP contribution in [0, 0.1) is 0 Å². The van der Waals surface area contributed by atoms with Crippen molar-refractivity contribution in [2.75, 3.05) is 0 Å². The normalized spacial score (nSPS) is 20.3. The maximum atomic E-state index is 9.65. The smallest absolute Gasteiger partial charge is 0.115 e. The van der Waals surface area contributed by atoms with Gasteiger partial charge in [-0.15, -0.1) is 11.6 Å². The van der Waals surface area contributed by atoms with Crippen LogP contribution >= 0.6 is 46.4 Å². The molecule has 1 atom stereocenters. The van der Waals surface area contributed by atoms with Crippen LogP contribution in [0.2, 0.25) is 15.1 Å². The van der Waals surface area contributed by atoms with E-state index in [-0.39, 0.29) is 5.75 Å². The molecule has 1 unspecified atom stereocenters. The summed E-state index contributed by atoms with van der Waals surface area (Å²) in [5.74, 6) is 0.150. The number of aromatic hydroxyl groups is 1. The molecule has 0 saturated heterocycles. The molecule has 0 aromatic heterocycles. The minimum Gasteiger partial charge on any atom is -0.508 e. The van der Waals surface area contributed by atoms with E-state index in [4.69, 9.17) is 46.4 Å². The van der Waals surface area contributed by atoms with Crippen LogP contribution in [0.25, 0.3) is 11.1 Å². The van der Waals surface area contributed by atoms with Gasteiger partial charge in [-0.2, -0.15) is 0 Å². The van der Waals surface area contributed by atoms with Crippen LogP contribution in [0.3, 0.4) is 0 Å². The summed E-state index contributed by atoms with van der Waals surface area (Å²) in [6, 6.07) is 6.58. The molecule has 0 bridgehead atoms. The van der Waals surface area contributed by atoms with Gasteiger partial charge in [0.05, 0.1) is 14.9 Å². The van der Waals surface area contributed by atoms with E-state index in [1.165, 1.54) is 0 Å². The highest BCUT2D eigenvalue weighted by Crippen LogP contribution is 2.57. The number of phenolic OH excluding ortho intramolecular Hbond substituents is 1. The molecule has 3 rings (SSSR count). The van der Waals surface area contributed by atoms with Gasteiger partial charge in [0.25, 0.3) is 0 Å². The molecular weight excluding hydrogens is 326 g/mol. The van der Waals surface area contributed by atoms with E-state index >= 15 is 0 Å². The zero-order chi connectivity index (χ0) is 13.9. The maximum absolute atomic E-state index is 9.65. The van der Waals surface area contributed by atoms with Crippen molar-refractivity contribution in [2.24, 2.45) is 0 Å². The summed E-state index contributed by atoms with van der Waals surface area (Å²) in [5, 5.41) is 10.9. The number of hydrogen-bond donors (Lipinski definition) is 1. The number of phenols is 1. The van der Waals surface area contributed by atoms with Crippen molar-refractivity contribution in [2.45, 2.75) is 11.8 Å². The van der Waals surface area contributed by atoms with Crippen LogP contribution in [0.4, 0.5) is 0 Å². The Balaban J connectivity index is 2.48. The van der Waals surface area contributed by atoms with Crippen molar-refractivity contribution in [3.8, 4) is 16.9 Å². The quantitative estimate of drug-likeness (QED) is 0.474. The van der Waals surface area contributed by atoms with E-state index in [1.54, 1.807) is 24.3 Å². The van der Waals surface area contributed by atoms with E-state index in [2.05, 4.69) is 0 Å². The maximum Gasteiger partial charge on any atom is 0.115 e. The molecular formula is C14H8Cl4O. The molecule has 1 N–H and O–H groups in total. The van der Waals surface area contributed by atoms with Crippen molar-refractivity contribution < 1.29 is 5.11 Å². The predicted molar refractivity (Wildman–Crippen MR) is 80.9 cm³/mol. The first-order chi connectivity index (χ1) is 8.84. The molecule has 2 aromatic carbocycles. The van der Waals surface area contributed by atoms with Gasteiger partial charge in [0.2, 0.25) is 0 Å². The Morgan fingerprint density at radius 1 is 1.05 bits per heavy atom. The van der Waals surface area contributed by atoms with Crippen LogP contribution in [0.5, 0.6) is 5.75 Å². The standard InChI is InChI=1S/C14H8Cl4O/c1-14(18)8-4-6(19)2-3-7(8)11-12(14)9(15)5-10(16)13(11)17/h2-5,19H,1H3. The molecule has 5 heteroatoms. The SMILES string of the molecule is CC1(Cl)c2cc(O)ccc2-c2c(Cl)c(Cl)cc(Cl)c21. The monoisotopic (exact) mass is 332 g/mol. The highest BCUT2D eigenvalue weighted by atomic mass is 35.5. The first-order valence-electron chi connectivity index (χ1n) is 5.54. The average Bonchev–Trinajstić information content (AvgIpc) is 2.55. The largest absolute Gasteiger partial charge is 0.508 e. The van der Waals surface area contributed by atoms with Crippen molar-refractivity contribution in [3.63, 3.8) is 0 Å². The summed E-state index contributed by atoms with van der Waals surface area (Å²) >= 11 is 25.3. The van der Waals surface area contributed by atoms with Gasteiger partial charge in [-0.3, -0.25) is 0 Å². The second-order valence-electron chi connectivity index (χ2n) is 4.64. The second-order valence-corrected chi connectivity index (χ2v) is 6.59. The predicted octanol–water partition coefficient (Wildman–Crippen LogP) is 5.84. The topological polar surface area (TPSA) is 20.2 Å². The first kappa shape index (κ1) is 13.4. The molecule has 0 spiro atoms. The molecule has 1 aliphatic rings. The van der Waals surface area contributed by atoms with Gasteiger partial charge in [-0.1, -0.05) is 40.9 Å². The van der Waals surface area contributed by atoms with Crippen molar-refractivity contribution in [1.82, 2.24) is 0 Å². The van der Waals surface area contributed by atoms with E-state index < -0.39 is 4.87 Å². The number of halogens is 4. The first-order valence-corrected chi connectivity index (χ1v) is 7.06. The summed E-state index contributed by atoms with van der Waals surface area (Å²) in [6.07, 6.45) is 0. The molecule has 1 nitrogen and oxygen atoms in total. The van der Waals surface area contributed by atoms with Gasteiger partial charge in [-0.25, -0.2) is 0 Å². The Bertz CT molecular complexity index is 707. The van der Waals surface area contributed by atoms with Crippen molar-refractivity contribution in [3.05, 3.63) is 50.5 Å². The third-order valence-corrected chi connectivity index (χ3v) is 4.90. The lowest BCUT2D eigenvalue weighted by Crippen LogP contribution is -2.12. The highest BCUT2D eigenvalue weighted by molar-refractivity contribution is 6.46. The van der Waals surface area contributed by atoms with Crippen molar-refractivity contribution in [1.29, 1.82) is 0 Å². The van der Waals surface area contributed by atoms with E-state index in [1.807, 2.05) is 6.92 Å². The molecule has 98 valence electrons. The van der Waals surface area contributed by atoms with Gasteiger partial charge < -0.3 is 5.11 Å². The Morgan fingerprint density at radius 2 is 1.74 bits per heavy atom. The van der Waals surface area contributed by atoms with Crippen LogP contribution in [0.15, 0.2) is 24.3 Å². The number of benzene rings is 2. The van der Waals surface area contributed by atoms with Crippen LogP contribution in [-0.2, 0) is 4.87 Å². The van der Waals surface area contributed by atoms with Crippen LogP contribution < -0.4 is 0 Å². The van der Waals surface area contributed by atoms with Gasteiger partial charge in [0, 0.05) is 16.1 Å². The van der Waals surface area contributed by atoms with Gasteiger partial charge in [-0.05, 0) is 36.2 Å². The number of fused-ring (bicyclic) bond motifs is 3. The summed E-state index contributed by atoms with van der Waals surface area (Å²) < 4.78 is 0. The molecule has 0 heterocycles. The van der Waals surface area contributed by atoms with Gasteiger partial charge in [0.15, 0.2) is 0 Å².